The van der Waals surface area contributed by atoms with Gasteiger partial charge in [0.15, 0.2) is 0 Å². The number of hydrogen-bond donors (Lipinski definition) is 1. The smallest absolute Gasteiger partial charge is 0.131 e. The van der Waals surface area contributed by atoms with Gasteiger partial charge in [0.25, 0.3) is 0 Å². The second kappa shape index (κ2) is 7.34. The van der Waals surface area contributed by atoms with E-state index in [-0.39, 0.29) is 18.0 Å². The second-order valence-corrected chi connectivity index (χ2v) is 4.46. The van der Waals surface area contributed by atoms with Crippen LogP contribution in [-0.4, -0.2) is 26.4 Å². The Morgan fingerprint density at radius 1 is 1.22 bits per heavy atom. The fraction of sp³-hybridized carbons (Fsp3) is 0.571. The highest BCUT2D eigenvalue weighted by Crippen LogP contribution is 2.21. The Hall–Kier alpha value is -1.13. The number of hydrogen-bond acceptors (Lipinski definition) is 3. The van der Waals surface area contributed by atoms with Gasteiger partial charge in [-0.3, -0.25) is 0 Å². The molecule has 1 N–H and O–H groups in total. The van der Waals surface area contributed by atoms with Crippen molar-refractivity contribution in [1.82, 2.24) is 5.32 Å². The van der Waals surface area contributed by atoms with E-state index in [0.717, 1.165) is 0 Å². The normalized spacial score (nSPS) is 12.8. The predicted molar refractivity (Wildman–Crippen MR) is 70.5 cm³/mol. The lowest BCUT2D eigenvalue weighted by molar-refractivity contribution is 0.0552. The molecule has 0 spiro atoms. The van der Waals surface area contributed by atoms with E-state index in [1.165, 1.54) is 6.07 Å². The molecule has 0 aliphatic rings. The summed E-state index contributed by atoms with van der Waals surface area (Å²) in [5, 5.41) is 3.01. The molecule has 0 bridgehead atoms. The van der Waals surface area contributed by atoms with Crippen LogP contribution in [0.3, 0.4) is 0 Å². The molecule has 0 heterocycles. The molecule has 102 valence electrons. The summed E-state index contributed by atoms with van der Waals surface area (Å²) in [4.78, 5) is 0. The number of halogens is 1. The zero-order chi connectivity index (χ0) is 13.5. The predicted octanol–water partition coefficient (Wildman–Crippen LogP) is 2.91. The van der Waals surface area contributed by atoms with Gasteiger partial charge in [0.05, 0.1) is 12.7 Å². The maximum absolute atomic E-state index is 13.8. The molecule has 1 aromatic rings. The van der Waals surface area contributed by atoms with Crippen LogP contribution in [0.1, 0.15) is 32.4 Å². The van der Waals surface area contributed by atoms with E-state index in [2.05, 4.69) is 5.32 Å². The summed E-state index contributed by atoms with van der Waals surface area (Å²) in [6.45, 7) is 6.78. The molecule has 0 aromatic heterocycles. The van der Waals surface area contributed by atoms with E-state index >= 15 is 0 Å². The third-order valence-electron chi connectivity index (χ3n) is 2.67. The summed E-state index contributed by atoms with van der Waals surface area (Å²) in [6, 6.07) is 4.93. The molecular weight excluding hydrogens is 233 g/mol. The number of ether oxygens (including phenoxy) is 2. The highest BCUT2D eigenvalue weighted by molar-refractivity contribution is 5.30. The Morgan fingerprint density at radius 2 is 1.94 bits per heavy atom. The van der Waals surface area contributed by atoms with Gasteiger partial charge in [-0.1, -0.05) is 6.07 Å². The molecule has 18 heavy (non-hydrogen) atoms. The van der Waals surface area contributed by atoms with Gasteiger partial charge < -0.3 is 14.8 Å². The Labute approximate surface area is 108 Å². The number of nitrogens with one attached hydrogen (secondary N) is 1. The Bertz CT molecular complexity index is 369. The van der Waals surface area contributed by atoms with Gasteiger partial charge in [-0.25, -0.2) is 4.39 Å². The van der Waals surface area contributed by atoms with Crippen LogP contribution in [0, 0.1) is 5.82 Å². The molecule has 0 aliphatic carbocycles. The topological polar surface area (TPSA) is 30.5 Å². The maximum atomic E-state index is 13.8. The third kappa shape index (κ3) is 4.63. The average Bonchev–Trinajstić information content (AvgIpc) is 2.33. The van der Waals surface area contributed by atoms with Crippen LogP contribution in [0.5, 0.6) is 5.75 Å². The summed E-state index contributed by atoms with van der Waals surface area (Å²) < 4.78 is 24.5. The minimum absolute atomic E-state index is 0.0108. The minimum Gasteiger partial charge on any atom is -0.491 e. The Morgan fingerprint density at radius 3 is 2.50 bits per heavy atom. The lowest BCUT2D eigenvalue weighted by Gasteiger charge is -2.13. The zero-order valence-corrected chi connectivity index (χ0v) is 11.5. The first-order valence-electron chi connectivity index (χ1n) is 6.25. The molecule has 0 fully saturated rings. The van der Waals surface area contributed by atoms with Gasteiger partial charge in [0, 0.05) is 17.7 Å². The minimum atomic E-state index is -0.251. The summed E-state index contributed by atoms with van der Waals surface area (Å²) in [5.41, 5.74) is 0.642. The van der Waals surface area contributed by atoms with Crippen molar-refractivity contribution >= 4 is 0 Å². The summed E-state index contributed by atoms with van der Waals surface area (Å²) >= 11 is 0. The zero-order valence-electron chi connectivity index (χ0n) is 11.5. The first-order valence-corrected chi connectivity index (χ1v) is 6.25. The molecule has 0 saturated heterocycles. The fourth-order valence-electron chi connectivity index (χ4n) is 1.55. The van der Waals surface area contributed by atoms with Crippen LogP contribution in [0.4, 0.5) is 4.39 Å². The molecule has 1 atom stereocenters. The lowest BCUT2D eigenvalue weighted by atomic mass is 10.1. The molecule has 0 amide bonds. The average molecular weight is 255 g/mol. The molecule has 0 saturated carbocycles. The van der Waals surface area contributed by atoms with E-state index in [4.69, 9.17) is 9.47 Å². The van der Waals surface area contributed by atoms with Gasteiger partial charge in [-0.2, -0.15) is 0 Å². The largest absolute Gasteiger partial charge is 0.491 e. The number of rotatable bonds is 7. The highest BCUT2D eigenvalue weighted by Gasteiger charge is 2.09. The maximum Gasteiger partial charge on any atom is 0.131 e. The molecule has 1 rings (SSSR count). The van der Waals surface area contributed by atoms with Crippen molar-refractivity contribution in [3.8, 4) is 5.75 Å². The molecule has 1 aromatic carbocycles. The van der Waals surface area contributed by atoms with Crippen molar-refractivity contribution in [3.05, 3.63) is 29.6 Å². The van der Waals surface area contributed by atoms with Gasteiger partial charge in [-0.05, 0) is 33.9 Å². The van der Waals surface area contributed by atoms with Gasteiger partial charge in [0.1, 0.15) is 18.2 Å². The van der Waals surface area contributed by atoms with Crippen LogP contribution >= 0.6 is 0 Å². The first kappa shape index (κ1) is 14.9. The third-order valence-corrected chi connectivity index (χ3v) is 2.67. The van der Waals surface area contributed by atoms with Crippen LogP contribution in [0.25, 0.3) is 0 Å². The molecule has 1 unspecified atom stereocenters. The molecular formula is C14H22FNO2. The SMILES string of the molecule is CNC(C)c1ccc(OCCOC(C)C)cc1F. The molecule has 3 nitrogen and oxygen atoms in total. The molecule has 0 radical (unpaired) electrons. The lowest BCUT2D eigenvalue weighted by Crippen LogP contribution is -2.14. The van der Waals surface area contributed by atoms with E-state index < -0.39 is 0 Å². The summed E-state index contributed by atoms with van der Waals surface area (Å²) in [6.07, 6.45) is 0.184. The van der Waals surface area contributed by atoms with Crippen LogP contribution in [0.15, 0.2) is 18.2 Å². The van der Waals surface area contributed by atoms with Crippen molar-refractivity contribution in [2.45, 2.75) is 32.9 Å². The van der Waals surface area contributed by atoms with E-state index in [9.17, 15) is 4.39 Å². The highest BCUT2D eigenvalue weighted by atomic mass is 19.1. The van der Waals surface area contributed by atoms with E-state index in [1.807, 2.05) is 20.8 Å². The van der Waals surface area contributed by atoms with Crippen molar-refractivity contribution in [2.24, 2.45) is 0 Å². The molecule has 0 aliphatic heterocycles. The fourth-order valence-corrected chi connectivity index (χ4v) is 1.55. The standard InChI is InChI=1S/C14H22FNO2/c1-10(2)17-7-8-18-12-5-6-13(11(3)16-4)14(15)9-12/h5-6,9-11,16H,7-8H2,1-4H3. The summed E-state index contributed by atoms with van der Waals surface area (Å²) in [7, 11) is 1.80. The Balaban J connectivity index is 2.51. The monoisotopic (exact) mass is 255 g/mol. The van der Waals surface area contributed by atoms with Crippen LogP contribution < -0.4 is 10.1 Å². The van der Waals surface area contributed by atoms with E-state index in [1.54, 1.807) is 19.2 Å². The van der Waals surface area contributed by atoms with Gasteiger partial charge in [0.2, 0.25) is 0 Å². The first-order chi connectivity index (χ1) is 8.54. The van der Waals surface area contributed by atoms with E-state index in [0.29, 0.717) is 24.5 Å². The van der Waals surface area contributed by atoms with Crippen molar-refractivity contribution < 1.29 is 13.9 Å². The van der Waals surface area contributed by atoms with Gasteiger partial charge >= 0.3 is 0 Å². The van der Waals surface area contributed by atoms with Crippen molar-refractivity contribution in [2.75, 3.05) is 20.3 Å². The van der Waals surface area contributed by atoms with Gasteiger partial charge in [-0.15, -0.1) is 0 Å². The summed E-state index contributed by atoms with van der Waals surface area (Å²) in [5.74, 6) is 0.283. The quantitative estimate of drug-likeness (QED) is 0.760. The second-order valence-electron chi connectivity index (χ2n) is 4.46. The van der Waals surface area contributed by atoms with Crippen molar-refractivity contribution in [1.29, 1.82) is 0 Å². The molecule has 4 heteroatoms. The van der Waals surface area contributed by atoms with Crippen molar-refractivity contribution in [3.63, 3.8) is 0 Å². The van der Waals surface area contributed by atoms with Crippen LogP contribution in [0.2, 0.25) is 0 Å². The van der Waals surface area contributed by atoms with Crippen LogP contribution in [-0.2, 0) is 4.74 Å². The Kier molecular flexibility index (Phi) is 6.09. The number of benzene rings is 1.